The van der Waals surface area contributed by atoms with E-state index in [-0.39, 0.29) is 23.4 Å². The second-order valence-electron chi connectivity index (χ2n) is 7.78. The molecule has 1 amide bonds. The third kappa shape index (κ3) is 4.42. The molecule has 1 aromatic heterocycles. The number of phenols is 1. The molecule has 3 N–H and O–H groups in total. The number of halogens is 2. The maximum atomic E-state index is 13.1. The van der Waals surface area contributed by atoms with Crippen LogP contribution in [0.1, 0.15) is 41.9 Å². The predicted octanol–water partition coefficient (Wildman–Crippen LogP) is 4.89. The maximum absolute atomic E-state index is 13.1. The molecule has 6 nitrogen and oxygen atoms in total. The molecule has 2 aromatic carbocycles. The zero-order valence-corrected chi connectivity index (χ0v) is 18.5. The molecule has 1 fully saturated rings. The molecule has 3 aromatic rings. The molecule has 8 heteroatoms. The molecule has 4 rings (SSSR count). The summed E-state index contributed by atoms with van der Waals surface area (Å²) < 4.78 is 1.82. The van der Waals surface area contributed by atoms with E-state index >= 15 is 0 Å². The Bertz CT molecular complexity index is 1110. The standard InChI is InChI=1S/C23H23Cl2N3O3/c1-13-21(23(31)26-19-4-2-3-5-20(19)30)27-22(17-11-6-14(24)12-18(17)25)28(13)15-7-9-16(29)10-8-15/h6-12,19-20,29-30H,2-5H2,1H3,(H,26,31). The molecule has 162 valence electrons. The van der Waals surface area contributed by atoms with Crippen LogP contribution >= 0.6 is 23.2 Å². The molecule has 0 saturated heterocycles. The number of hydrogen-bond acceptors (Lipinski definition) is 4. The predicted molar refractivity (Wildman–Crippen MR) is 121 cm³/mol. The zero-order chi connectivity index (χ0) is 22.1. The number of carbonyl (C=O) groups is 1. The third-order valence-corrected chi connectivity index (χ3v) is 6.20. The summed E-state index contributed by atoms with van der Waals surface area (Å²) in [6.45, 7) is 1.80. The van der Waals surface area contributed by atoms with Gasteiger partial charge >= 0.3 is 0 Å². The molecule has 1 aliphatic rings. The quantitative estimate of drug-likeness (QED) is 0.517. The number of nitrogens with one attached hydrogen (secondary N) is 1. The molecule has 0 aliphatic heterocycles. The van der Waals surface area contributed by atoms with Gasteiger partial charge in [0.1, 0.15) is 17.3 Å². The van der Waals surface area contributed by atoms with Crippen LogP contribution in [0.5, 0.6) is 5.75 Å². The summed E-state index contributed by atoms with van der Waals surface area (Å²) in [5.41, 5.74) is 2.22. The summed E-state index contributed by atoms with van der Waals surface area (Å²) in [5, 5.41) is 23.8. The van der Waals surface area contributed by atoms with Gasteiger partial charge in [0.15, 0.2) is 0 Å². The molecular weight excluding hydrogens is 437 g/mol. The van der Waals surface area contributed by atoms with Gasteiger partial charge in [0.25, 0.3) is 5.91 Å². The van der Waals surface area contributed by atoms with E-state index in [1.165, 1.54) is 0 Å². The molecule has 2 atom stereocenters. The van der Waals surface area contributed by atoms with Crippen molar-refractivity contribution in [1.29, 1.82) is 0 Å². The van der Waals surface area contributed by atoms with E-state index in [0.29, 0.717) is 33.5 Å². The van der Waals surface area contributed by atoms with Crippen molar-refractivity contribution in [3.63, 3.8) is 0 Å². The van der Waals surface area contributed by atoms with Crippen molar-refractivity contribution in [3.05, 3.63) is 63.9 Å². The first-order valence-electron chi connectivity index (χ1n) is 10.2. The van der Waals surface area contributed by atoms with Crippen molar-refractivity contribution >= 4 is 29.1 Å². The maximum Gasteiger partial charge on any atom is 0.272 e. The first-order chi connectivity index (χ1) is 14.8. The summed E-state index contributed by atoms with van der Waals surface area (Å²) in [6.07, 6.45) is 2.79. The molecule has 1 saturated carbocycles. The Morgan fingerprint density at radius 1 is 1.13 bits per heavy atom. The zero-order valence-electron chi connectivity index (χ0n) is 17.0. The molecule has 31 heavy (non-hydrogen) atoms. The fourth-order valence-electron chi connectivity index (χ4n) is 4.00. The van der Waals surface area contributed by atoms with E-state index in [9.17, 15) is 15.0 Å². The third-order valence-electron chi connectivity index (χ3n) is 5.65. The lowest BCUT2D eigenvalue weighted by molar-refractivity contribution is 0.0713. The fourth-order valence-corrected chi connectivity index (χ4v) is 4.50. The summed E-state index contributed by atoms with van der Waals surface area (Å²) in [6, 6.07) is 11.4. The smallest absolute Gasteiger partial charge is 0.272 e. The molecular formula is C23H23Cl2N3O3. The Kier molecular flexibility index (Phi) is 6.23. The van der Waals surface area contributed by atoms with Gasteiger partial charge in [0.05, 0.1) is 22.9 Å². The number of rotatable bonds is 4. The van der Waals surface area contributed by atoms with Crippen LogP contribution in [0.4, 0.5) is 0 Å². The van der Waals surface area contributed by atoms with E-state index in [1.807, 2.05) is 4.57 Å². The number of nitrogens with zero attached hydrogens (tertiary/aromatic N) is 2. The minimum Gasteiger partial charge on any atom is -0.508 e. The normalized spacial score (nSPS) is 18.7. The van der Waals surface area contributed by atoms with Gasteiger partial charge in [-0.1, -0.05) is 36.0 Å². The van der Waals surface area contributed by atoms with E-state index in [0.717, 1.165) is 24.9 Å². The van der Waals surface area contributed by atoms with Crippen LogP contribution in [0.2, 0.25) is 10.0 Å². The van der Waals surface area contributed by atoms with Gasteiger partial charge in [0, 0.05) is 16.3 Å². The summed E-state index contributed by atoms with van der Waals surface area (Å²) in [5.74, 6) is 0.281. The number of aliphatic hydroxyl groups is 1. The average molecular weight is 460 g/mol. The monoisotopic (exact) mass is 459 g/mol. The number of imidazole rings is 1. The van der Waals surface area contributed by atoms with Gasteiger partial charge in [0.2, 0.25) is 0 Å². The van der Waals surface area contributed by atoms with Crippen LogP contribution in [0.3, 0.4) is 0 Å². The fraction of sp³-hybridized carbons (Fsp3) is 0.304. The van der Waals surface area contributed by atoms with Crippen LogP contribution in [-0.2, 0) is 0 Å². The Morgan fingerprint density at radius 2 is 1.84 bits per heavy atom. The van der Waals surface area contributed by atoms with Crippen LogP contribution in [0.15, 0.2) is 42.5 Å². The summed E-state index contributed by atoms with van der Waals surface area (Å²) in [4.78, 5) is 17.7. The number of benzene rings is 2. The van der Waals surface area contributed by atoms with Crippen molar-refractivity contribution in [2.24, 2.45) is 0 Å². The molecule has 0 spiro atoms. The highest BCUT2D eigenvalue weighted by atomic mass is 35.5. The average Bonchev–Trinajstić information content (AvgIpc) is 3.07. The van der Waals surface area contributed by atoms with E-state index in [1.54, 1.807) is 49.4 Å². The van der Waals surface area contributed by atoms with Gasteiger partial charge in [-0.2, -0.15) is 0 Å². The molecule has 0 bridgehead atoms. The van der Waals surface area contributed by atoms with E-state index in [4.69, 9.17) is 23.2 Å². The Labute approximate surface area is 190 Å². The Balaban J connectivity index is 1.80. The highest BCUT2D eigenvalue weighted by Crippen LogP contribution is 2.33. The lowest BCUT2D eigenvalue weighted by Gasteiger charge is -2.28. The van der Waals surface area contributed by atoms with E-state index in [2.05, 4.69) is 10.3 Å². The number of phenolic OH excluding ortho intramolecular Hbond substituents is 1. The Hall–Kier alpha value is -2.54. The first kappa shape index (κ1) is 21.7. The largest absolute Gasteiger partial charge is 0.508 e. The Morgan fingerprint density at radius 3 is 2.52 bits per heavy atom. The number of amides is 1. The van der Waals surface area contributed by atoms with Gasteiger partial charge in [-0.15, -0.1) is 0 Å². The highest BCUT2D eigenvalue weighted by molar-refractivity contribution is 6.36. The van der Waals surface area contributed by atoms with Crippen LogP contribution in [0.25, 0.3) is 17.1 Å². The number of hydrogen-bond donors (Lipinski definition) is 3. The van der Waals surface area contributed by atoms with Crippen molar-refractivity contribution in [1.82, 2.24) is 14.9 Å². The number of aromatic hydroxyl groups is 1. The minimum atomic E-state index is -0.553. The SMILES string of the molecule is Cc1c(C(=O)NC2CCCCC2O)nc(-c2ccc(Cl)cc2Cl)n1-c1ccc(O)cc1. The number of aliphatic hydroxyl groups excluding tert-OH is 1. The second-order valence-corrected chi connectivity index (χ2v) is 8.62. The topological polar surface area (TPSA) is 87.4 Å². The summed E-state index contributed by atoms with van der Waals surface area (Å²) in [7, 11) is 0. The van der Waals surface area contributed by atoms with Crippen molar-refractivity contribution in [3.8, 4) is 22.8 Å². The van der Waals surface area contributed by atoms with Crippen LogP contribution < -0.4 is 5.32 Å². The molecule has 0 radical (unpaired) electrons. The van der Waals surface area contributed by atoms with Gasteiger partial charge in [-0.25, -0.2) is 4.98 Å². The molecule has 2 unspecified atom stereocenters. The van der Waals surface area contributed by atoms with Crippen molar-refractivity contribution in [2.75, 3.05) is 0 Å². The number of aromatic nitrogens is 2. The minimum absolute atomic E-state index is 0.136. The lowest BCUT2D eigenvalue weighted by atomic mass is 9.92. The van der Waals surface area contributed by atoms with Gasteiger partial charge < -0.3 is 15.5 Å². The van der Waals surface area contributed by atoms with Crippen molar-refractivity contribution < 1.29 is 15.0 Å². The summed E-state index contributed by atoms with van der Waals surface area (Å²) >= 11 is 12.5. The number of carbonyl (C=O) groups excluding carboxylic acids is 1. The molecule has 1 aliphatic carbocycles. The highest BCUT2D eigenvalue weighted by Gasteiger charge is 2.28. The van der Waals surface area contributed by atoms with Crippen LogP contribution in [-0.4, -0.2) is 37.8 Å². The van der Waals surface area contributed by atoms with Gasteiger partial charge in [-0.05, 0) is 62.2 Å². The van der Waals surface area contributed by atoms with Crippen molar-refractivity contribution in [2.45, 2.75) is 44.8 Å². The molecule has 1 heterocycles. The van der Waals surface area contributed by atoms with E-state index < -0.39 is 6.10 Å². The lowest BCUT2D eigenvalue weighted by Crippen LogP contribution is -2.45. The first-order valence-corrected chi connectivity index (χ1v) is 10.9. The van der Waals surface area contributed by atoms with Gasteiger partial charge in [-0.3, -0.25) is 9.36 Å². The van der Waals surface area contributed by atoms with Crippen LogP contribution in [0, 0.1) is 6.92 Å². The second kappa shape index (κ2) is 8.91.